The Labute approximate surface area is 582 Å². The Morgan fingerprint density at radius 2 is 0.833 bits per heavy atom. The van der Waals surface area contributed by atoms with Crippen LogP contribution in [0.1, 0.15) is 41.0 Å². The number of methoxy groups -OCH3 is 1. The van der Waals surface area contributed by atoms with Gasteiger partial charge < -0.3 is 200 Å². The van der Waals surface area contributed by atoms with Crippen molar-refractivity contribution in [3.8, 4) is 0 Å². The van der Waals surface area contributed by atoms with Crippen molar-refractivity contribution in [1.82, 2.24) is 21.3 Å². The third-order valence-electron chi connectivity index (χ3n) is 17.8. The van der Waals surface area contributed by atoms with Gasteiger partial charge in [0.25, 0.3) is 0 Å². The first kappa shape index (κ1) is 87.4. The van der Waals surface area contributed by atoms with Gasteiger partial charge in [-0.15, -0.1) is 0 Å². The molecule has 0 aromatic heterocycles. The molecule has 44 heteroatoms. The molecule has 6 saturated heterocycles. The summed E-state index contributed by atoms with van der Waals surface area (Å²) in [6.07, 6.45) is -63.5. The number of nitrogens with one attached hydrogen (secondary N) is 4. The average Bonchev–Trinajstić information content (AvgIpc) is 0.789. The molecule has 21 unspecified atom stereocenters. The standard InChI is InChI=1S/C58H102N4O40/c1-18-33(59-19(2)71)42(82)49(28(12-67)91-18)99-54-35(61-21(4)73)43(83)48(29(13-68)96-54)98-32(15-70)92-31(17-90-58-52(46(86)40(80)27(11-66)95-58)102-53-34(60-20(3)72)41(81)38(78)25(9-64)93-53)24(76)16-89-57(88-6)51(37(77)23(75)7-8-63)101-55-36(62-22(5)74)44(84)50(30(14-69)97-55)100-56-47(87)45(85)39(79)26(10-65)94-56/h18,23-58,63-70,75-87H,7-17H2,1-6H3,(H,59,71)(H,60,72)(H,61,73)(H,62,74)/t18-,23+,24-,25?,26?,27?,28?,29?,30?,31?,32-,33?,34?,35?,36?,37?,38+,39-,40+,41?,42?,43?,44?,45?,46?,47?,48+,49+,50+,51?,52?,53-,54-,55-,56-,57+,58-/m0/s1. The zero-order chi connectivity index (χ0) is 75.9. The Bertz CT molecular complexity index is 2530. The van der Waals surface area contributed by atoms with Crippen LogP contribution in [0.5, 0.6) is 0 Å². The minimum absolute atomic E-state index is 0.595. The van der Waals surface area contributed by atoms with Crippen LogP contribution in [0.4, 0.5) is 0 Å². The van der Waals surface area contributed by atoms with Crippen molar-refractivity contribution in [2.75, 3.05) is 73.2 Å². The normalized spacial score (nSPS) is 41.1. The van der Waals surface area contributed by atoms with Gasteiger partial charge in [0.1, 0.15) is 165 Å². The van der Waals surface area contributed by atoms with Gasteiger partial charge in [-0.25, -0.2) is 0 Å². The highest BCUT2D eigenvalue weighted by Gasteiger charge is 2.57. The van der Waals surface area contributed by atoms with Gasteiger partial charge in [0.15, 0.2) is 44.0 Å². The quantitative estimate of drug-likeness (QED) is 0.0259. The van der Waals surface area contributed by atoms with Crippen molar-refractivity contribution in [2.45, 2.75) is 268 Å². The maximum Gasteiger partial charge on any atom is 0.217 e. The Hall–Kier alpha value is -3.56. The lowest BCUT2D eigenvalue weighted by atomic mass is 9.92. The molecule has 0 aliphatic carbocycles. The largest absolute Gasteiger partial charge is 0.396 e. The summed E-state index contributed by atoms with van der Waals surface area (Å²) in [4.78, 5) is 50.1. The molecule has 0 saturated carbocycles. The SMILES string of the molecule is CO[C@H](OC[C@H](O)C(CO[C@H]1OC(CO)[C@@H](O)C(O)C1O[C@@H]1OC(CO)[C@@H](O)C(O)C1NC(C)=O)O[C@H](CO)O[C@@H]1C(CO)O[C@@H](O[C@@H]2C(CO)O[C@@H](C)C(NC(C)=O)C2O)C(NC(C)=O)C1O)C(O[C@@H]1OC(CO)[C@@H](O[C@@H]2OC(CO)[C@H](O)C(O)C2O)C(O)C1NC(C)=O)C(O)[C@H](O)CCO. The molecule has 594 valence electrons. The van der Waals surface area contributed by atoms with Crippen molar-refractivity contribution in [2.24, 2.45) is 0 Å². The molecule has 4 amide bonds. The summed E-state index contributed by atoms with van der Waals surface area (Å²) in [5, 5.41) is 239. The van der Waals surface area contributed by atoms with Gasteiger partial charge in [0.05, 0.1) is 77.7 Å². The topological polar surface area (TPSA) is 680 Å². The monoisotopic (exact) mass is 1490 g/mol. The van der Waals surface area contributed by atoms with E-state index in [1.54, 1.807) is 0 Å². The Morgan fingerprint density at radius 3 is 1.34 bits per heavy atom. The van der Waals surface area contributed by atoms with Gasteiger partial charge in [-0.1, -0.05) is 0 Å². The van der Waals surface area contributed by atoms with E-state index in [9.17, 15) is 126 Å². The van der Waals surface area contributed by atoms with Crippen LogP contribution in [0.3, 0.4) is 0 Å². The minimum atomic E-state index is -2.27. The highest BCUT2D eigenvalue weighted by Crippen LogP contribution is 2.36. The van der Waals surface area contributed by atoms with Gasteiger partial charge in [0, 0.05) is 41.4 Å². The highest BCUT2D eigenvalue weighted by molar-refractivity contribution is 5.74. The van der Waals surface area contributed by atoms with E-state index in [-0.39, 0.29) is 0 Å². The van der Waals surface area contributed by atoms with Crippen molar-refractivity contribution in [1.29, 1.82) is 0 Å². The Morgan fingerprint density at radius 1 is 0.422 bits per heavy atom. The number of aliphatic hydroxyl groups excluding tert-OH is 21. The number of carbonyl (C=O) groups is 4. The second kappa shape index (κ2) is 40.6. The molecule has 6 aliphatic rings. The molecule has 0 spiro atoms. The lowest BCUT2D eigenvalue weighted by Gasteiger charge is -2.49. The summed E-state index contributed by atoms with van der Waals surface area (Å²) in [5.74, 6) is -3.16. The van der Waals surface area contributed by atoms with Gasteiger partial charge >= 0.3 is 0 Å². The maximum absolute atomic E-state index is 12.8. The van der Waals surface area contributed by atoms with E-state index in [2.05, 4.69) is 21.3 Å². The molecule has 6 rings (SSSR count). The number of rotatable bonds is 36. The molecule has 44 nitrogen and oxygen atoms in total. The van der Waals surface area contributed by atoms with Crippen LogP contribution >= 0.6 is 0 Å². The summed E-state index contributed by atoms with van der Waals surface area (Å²) in [6.45, 7) is -4.60. The molecule has 25 N–H and O–H groups in total. The number of carbonyl (C=O) groups excluding carboxylic acids is 4. The Balaban J connectivity index is 1.35. The van der Waals surface area contributed by atoms with E-state index < -0.39 is 323 Å². The first-order chi connectivity index (χ1) is 48.3. The molecule has 102 heavy (non-hydrogen) atoms. The summed E-state index contributed by atoms with van der Waals surface area (Å²) >= 11 is 0. The average molecular weight is 1500 g/mol. The highest BCUT2D eigenvalue weighted by atomic mass is 16.8. The number of ether oxygens (including phenoxy) is 15. The van der Waals surface area contributed by atoms with Crippen LogP contribution in [-0.2, 0) is 90.2 Å². The molecule has 0 bridgehead atoms. The first-order valence-corrected chi connectivity index (χ1v) is 32.7. The summed E-state index contributed by atoms with van der Waals surface area (Å²) in [5.41, 5.74) is 0. The second-order valence-electron chi connectivity index (χ2n) is 25.2. The predicted octanol–water partition coefficient (Wildman–Crippen LogP) is -15.9. The lowest BCUT2D eigenvalue weighted by Crippen LogP contribution is -2.69. The van der Waals surface area contributed by atoms with Gasteiger partial charge in [-0.2, -0.15) is 0 Å². The van der Waals surface area contributed by atoms with E-state index in [0.29, 0.717) is 0 Å². The molecule has 6 heterocycles. The van der Waals surface area contributed by atoms with Gasteiger partial charge in [-0.05, 0) is 13.3 Å². The number of amides is 4. The molecular weight excluding hydrogens is 1390 g/mol. The van der Waals surface area contributed by atoms with Crippen LogP contribution < -0.4 is 21.3 Å². The molecular formula is C58H102N4O40. The van der Waals surface area contributed by atoms with Crippen LogP contribution in [0.15, 0.2) is 0 Å². The molecule has 6 fully saturated rings. The van der Waals surface area contributed by atoms with Crippen LogP contribution in [0.2, 0.25) is 0 Å². The molecule has 0 aromatic carbocycles. The fourth-order valence-corrected chi connectivity index (χ4v) is 12.4. The van der Waals surface area contributed by atoms with E-state index in [1.807, 2.05) is 0 Å². The fourth-order valence-electron chi connectivity index (χ4n) is 12.4. The smallest absolute Gasteiger partial charge is 0.217 e. The van der Waals surface area contributed by atoms with Crippen molar-refractivity contribution >= 4 is 23.6 Å². The molecule has 6 aliphatic heterocycles. The lowest BCUT2D eigenvalue weighted by molar-refractivity contribution is -0.363. The summed E-state index contributed by atoms with van der Waals surface area (Å²) in [6, 6.07) is -6.47. The maximum atomic E-state index is 12.8. The third-order valence-corrected chi connectivity index (χ3v) is 17.8. The molecule has 0 radical (unpaired) electrons. The molecule has 37 atom stereocenters. The fraction of sp³-hybridized carbons (Fsp3) is 0.931. The summed E-state index contributed by atoms with van der Waals surface area (Å²) in [7, 11) is 0.929. The van der Waals surface area contributed by atoms with E-state index in [0.717, 1.165) is 34.8 Å². The van der Waals surface area contributed by atoms with E-state index >= 15 is 0 Å². The summed E-state index contributed by atoms with van der Waals surface area (Å²) < 4.78 is 88.4. The van der Waals surface area contributed by atoms with Gasteiger partial charge in [-0.3, -0.25) is 19.2 Å². The molecule has 0 aromatic rings. The van der Waals surface area contributed by atoms with Crippen molar-refractivity contribution < 1.29 is 197 Å². The van der Waals surface area contributed by atoms with Crippen LogP contribution in [0, 0.1) is 0 Å². The van der Waals surface area contributed by atoms with Crippen LogP contribution in [0.25, 0.3) is 0 Å². The van der Waals surface area contributed by atoms with E-state index in [4.69, 9.17) is 71.1 Å². The number of hydrogen-bond acceptors (Lipinski definition) is 40. The van der Waals surface area contributed by atoms with E-state index in [1.165, 1.54) is 6.92 Å². The minimum Gasteiger partial charge on any atom is -0.396 e. The predicted molar refractivity (Wildman–Crippen MR) is 323 cm³/mol. The second-order valence-corrected chi connectivity index (χ2v) is 25.2. The third kappa shape index (κ3) is 21.6. The zero-order valence-corrected chi connectivity index (χ0v) is 56.3. The van der Waals surface area contributed by atoms with Crippen molar-refractivity contribution in [3.05, 3.63) is 0 Å². The number of hydrogen-bond donors (Lipinski definition) is 25. The van der Waals surface area contributed by atoms with Crippen LogP contribution in [-0.4, -0.2) is 431 Å². The zero-order valence-electron chi connectivity index (χ0n) is 56.3. The van der Waals surface area contributed by atoms with Gasteiger partial charge in [0.2, 0.25) is 23.6 Å². The Kier molecular flexibility index (Phi) is 34.8. The van der Waals surface area contributed by atoms with Crippen molar-refractivity contribution in [3.63, 3.8) is 0 Å². The number of aliphatic hydroxyl groups is 21. The first-order valence-electron chi connectivity index (χ1n) is 32.7.